The number of benzene rings is 3. The Balaban J connectivity index is 1.67. The lowest BCUT2D eigenvalue weighted by Gasteiger charge is -2.18. The zero-order chi connectivity index (χ0) is 24.1. The van der Waals surface area contributed by atoms with Crippen LogP contribution in [0.5, 0.6) is 11.5 Å². The molecule has 0 fully saturated rings. The standard InChI is InChI=1S/C28H25NO5/c1-19-26(28(31)33-3)25(27(30)29(19)22-12-8-13-23(17-22)32-2)16-21-11-7-14-24(15-21)34-18-20-9-5-4-6-10-20/h4-17H,18H2,1-3H3/b25-16-. The van der Waals surface area contributed by atoms with Crippen molar-refractivity contribution in [2.24, 2.45) is 0 Å². The molecule has 6 heteroatoms. The van der Waals surface area contributed by atoms with E-state index in [-0.39, 0.29) is 17.1 Å². The van der Waals surface area contributed by atoms with Gasteiger partial charge in [0.2, 0.25) is 0 Å². The van der Waals surface area contributed by atoms with Gasteiger partial charge in [-0.25, -0.2) is 4.79 Å². The number of amides is 1. The molecule has 3 aromatic carbocycles. The van der Waals surface area contributed by atoms with Gasteiger partial charge in [0, 0.05) is 11.8 Å². The lowest BCUT2D eigenvalue weighted by Crippen LogP contribution is -2.24. The molecule has 6 nitrogen and oxygen atoms in total. The minimum absolute atomic E-state index is 0.228. The van der Waals surface area contributed by atoms with Crippen LogP contribution < -0.4 is 14.4 Å². The van der Waals surface area contributed by atoms with Crippen LogP contribution in [0.15, 0.2) is 95.7 Å². The summed E-state index contributed by atoms with van der Waals surface area (Å²) in [7, 11) is 2.86. The van der Waals surface area contributed by atoms with Crippen LogP contribution >= 0.6 is 0 Å². The van der Waals surface area contributed by atoms with Gasteiger partial charge in [0.25, 0.3) is 5.91 Å². The molecule has 1 aliphatic rings. The van der Waals surface area contributed by atoms with E-state index in [4.69, 9.17) is 14.2 Å². The predicted octanol–water partition coefficient (Wildman–Crippen LogP) is 5.15. The Morgan fingerprint density at radius 1 is 0.912 bits per heavy atom. The first-order chi connectivity index (χ1) is 16.5. The molecule has 0 atom stereocenters. The van der Waals surface area contributed by atoms with Crippen molar-refractivity contribution in [1.29, 1.82) is 0 Å². The first kappa shape index (κ1) is 22.9. The van der Waals surface area contributed by atoms with E-state index in [1.807, 2.05) is 54.6 Å². The molecule has 172 valence electrons. The number of methoxy groups -OCH3 is 2. The van der Waals surface area contributed by atoms with Crippen molar-refractivity contribution in [1.82, 2.24) is 0 Å². The number of ether oxygens (including phenoxy) is 3. The Labute approximate surface area is 198 Å². The van der Waals surface area contributed by atoms with Gasteiger partial charge >= 0.3 is 5.97 Å². The van der Waals surface area contributed by atoms with E-state index >= 15 is 0 Å². The molecule has 1 aliphatic heterocycles. The average molecular weight is 456 g/mol. The van der Waals surface area contributed by atoms with Crippen molar-refractivity contribution in [2.45, 2.75) is 13.5 Å². The van der Waals surface area contributed by atoms with Crippen molar-refractivity contribution in [2.75, 3.05) is 19.1 Å². The predicted molar refractivity (Wildman–Crippen MR) is 130 cm³/mol. The topological polar surface area (TPSA) is 65.1 Å². The highest BCUT2D eigenvalue weighted by Gasteiger charge is 2.38. The van der Waals surface area contributed by atoms with Crippen molar-refractivity contribution in [3.63, 3.8) is 0 Å². The van der Waals surface area contributed by atoms with Gasteiger partial charge in [0.15, 0.2) is 0 Å². The number of allylic oxidation sites excluding steroid dienone is 1. The highest BCUT2D eigenvalue weighted by Crippen LogP contribution is 2.36. The summed E-state index contributed by atoms with van der Waals surface area (Å²) in [5.74, 6) is 0.382. The Hall–Kier alpha value is -4.32. The van der Waals surface area contributed by atoms with Gasteiger partial charge in [-0.15, -0.1) is 0 Å². The lowest BCUT2D eigenvalue weighted by molar-refractivity contribution is -0.136. The zero-order valence-electron chi connectivity index (χ0n) is 19.3. The van der Waals surface area contributed by atoms with Crippen LogP contribution in [0.4, 0.5) is 5.69 Å². The number of nitrogens with zero attached hydrogens (tertiary/aromatic N) is 1. The first-order valence-corrected chi connectivity index (χ1v) is 10.8. The van der Waals surface area contributed by atoms with Gasteiger partial charge in [0.05, 0.1) is 31.1 Å². The molecule has 0 aliphatic carbocycles. The number of rotatable bonds is 7. The average Bonchev–Trinajstić information content (AvgIpc) is 3.12. The fraction of sp³-hybridized carbons (Fsp3) is 0.143. The van der Waals surface area contributed by atoms with Crippen LogP contribution in [0.3, 0.4) is 0 Å². The number of hydrogen-bond acceptors (Lipinski definition) is 5. The Bertz CT molecular complexity index is 1280. The van der Waals surface area contributed by atoms with E-state index in [9.17, 15) is 9.59 Å². The van der Waals surface area contributed by atoms with Gasteiger partial charge in [-0.05, 0) is 48.4 Å². The van der Waals surface area contributed by atoms with Gasteiger partial charge < -0.3 is 14.2 Å². The minimum Gasteiger partial charge on any atom is -0.497 e. The van der Waals surface area contributed by atoms with Crippen LogP contribution in [0.25, 0.3) is 6.08 Å². The molecule has 0 spiro atoms. The summed E-state index contributed by atoms with van der Waals surface area (Å²) in [6.07, 6.45) is 1.69. The molecular weight excluding hydrogens is 430 g/mol. The SMILES string of the molecule is COC(=O)C1=C(C)N(c2cccc(OC)c2)C(=O)/C1=C\c1cccc(OCc2ccccc2)c1. The summed E-state index contributed by atoms with van der Waals surface area (Å²) < 4.78 is 16.2. The molecular formula is C28H25NO5. The van der Waals surface area contributed by atoms with Crippen LogP contribution in [-0.2, 0) is 20.9 Å². The molecule has 0 unspecified atom stereocenters. The summed E-state index contributed by atoms with van der Waals surface area (Å²) in [6.45, 7) is 2.15. The monoisotopic (exact) mass is 455 g/mol. The van der Waals surface area contributed by atoms with Crippen molar-refractivity contribution >= 4 is 23.6 Å². The Morgan fingerprint density at radius 3 is 2.38 bits per heavy atom. The number of esters is 1. The number of carbonyl (C=O) groups is 2. The van der Waals surface area contributed by atoms with Crippen molar-refractivity contribution < 1.29 is 23.8 Å². The molecule has 34 heavy (non-hydrogen) atoms. The fourth-order valence-corrected chi connectivity index (χ4v) is 3.84. The summed E-state index contributed by atoms with van der Waals surface area (Å²) in [6, 6.07) is 24.4. The van der Waals surface area contributed by atoms with E-state index in [0.29, 0.717) is 29.5 Å². The Kier molecular flexibility index (Phi) is 6.78. The molecule has 0 radical (unpaired) electrons. The van der Waals surface area contributed by atoms with E-state index in [1.165, 1.54) is 12.0 Å². The maximum atomic E-state index is 13.5. The molecule has 0 saturated heterocycles. The third kappa shape index (κ3) is 4.71. The van der Waals surface area contributed by atoms with Crippen LogP contribution in [0, 0.1) is 0 Å². The van der Waals surface area contributed by atoms with Gasteiger partial charge in [-0.2, -0.15) is 0 Å². The molecule has 0 N–H and O–H groups in total. The van der Waals surface area contributed by atoms with Gasteiger partial charge in [0.1, 0.15) is 18.1 Å². The van der Waals surface area contributed by atoms with Crippen LogP contribution in [-0.4, -0.2) is 26.1 Å². The van der Waals surface area contributed by atoms with Crippen molar-refractivity contribution in [3.05, 3.63) is 107 Å². The van der Waals surface area contributed by atoms with E-state index in [1.54, 1.807) is 44.4 Å². The quantitative estimate of drug-likeness (QED) is 0.364. The van der Waals surface area contributed by atoms with E-state index in [2.05, 4.69) is 0 Å². The van der Waals surface area contributed by atoms with Crippen LogP contribution in [0.2, 0.25) is 0 Å². The normalized spacial score (nSPS) is 14.5. The summed E-state index contributed by atoms with van der Waals surface area (Å²) in [5, 5.41) is 0. The van der Waals surface area contributed by atoms with Crippen molar-refractivity contribution in [3.8, 4) is 11.5 Å². The van der Waals surface area contributed by atoms with Gasteiger partial charge in [-0.1, -0.05) is 48.5 Å². The summed E-state index contributed by atoms with van der Waals surface area (Å²) >= 11 is 0. The van der Waals surface area contributed by atoms with E-state index < -0.39 is 5.97 Å². The minimum atomic E-state index is -0.570. The fourth-order valence-electron chi connectivity index (χ4n) is 3.84. The molecule has 1 amide bonds. The largest absolute Gasteiger partial charge is 0.497 e. The smallest absolute Gasteiger partial charge is 0.340 e. The van der Waals surface area contributed by atoms with Gasteiger partial charge in [-0.3, -0.25) is 9.69 Å². The molecule has 0 bridgehead atoms. The number of carbonyl (C=O) groups excluding carboxylic acids is 2. The lowest BCUT2D eigenvalue weighted by atomic mass is 10.0. The maximum absolute atomic E-state index is 13.5. The third-order valence-electron chi connectivity index (χ3n) is 5.52. The molecule has 0 aromatic heterocycles. The van der Waals surface area contributed by atoms with Crippen LogP contribution in [0.1, 0.15) is 18.1 Å². The molecule has 0 saturated carbocycles. The second kappa shape index (κ2) is 10.1. The Morgan fingerprint density at radius 2 is 1.65 bits per heavy atom. The maximum Gasteiger partial charge on any atom is 0.340 e. The number of anilines is 1. The molecule has 4 rings (SSSR count). The second-order valence-electron chi connectivity index (χ2n) is 7.70. The third-order valence-corrected chi connectivity index (χ3v) is 5.52. The summed E-state index contributed by atoms with van der Waals surface area (Å²) in [5.41, 5.74) is 3.37. The highest BCUT2D eigenvalue weighted by atomic mass is 16.5. The highest BCUT2D eigenvalue weighted by molar-refractivity contribution is 6.23. The summed E-state index contributed by atoms with van der Waals surface area (Å²) in [4.78, 5) is 27.6. The first-order valence-electron chi connectivity index (χ1n) is 10.8. The zero-order valence-corrected chi connectivity index (χ0v) is 19.3. The number of hydrogen-bond donors (Lipinski definition) is 0. The molecule has 3 aromatic rings. The van der Waals surface area contributed by atoms with E-state index in [0.717, 1.165) is 11.1 Å². The second-order valence-corrected chi connectivity index (χ2v) is 7.70. The molecule has 1 heterocycles.